The number of oxazole rings is 1. The van der Waals surface area contributed by atoms with Crippen LogP contribution in [-0.2, 0) is 0 Å². The summed E-state index contributed by atoms with van der Waals surface area (Å²) in [5.41, 5.74) is 2.04. The van der Waals surface area contributed by atoms with Crippen LogP contribution >= 0.6 is 0 Å². The zero-order valence-corrected chi connectivity index (χ0v) is 13.9. The monoisotopic (exact) mass is 359 g/mol. The first-order valence-electron chi connectivity index (χ1n) is 8.11. The molecule has 0 bridgehead atoms. The molecule has 0 aliphatic carbocycles. The molecule has 1 fully saturated rings. The van der Waals surface area contributed by atoms with E-state index in [2.05, 4.69) is 15.0 Å². The van der Waals surface area contributed by atoms with Crippen LogP contribution in [0, 0.1) is 18.7 Å². The number of aryl methyl sites for hydroxylation is 1. The van der Waals surface area contributed by atoms with E-state index < -0.39 is 11.8 Å². The molecule has 1 amide bonds. The van der Waals surface area contributed by atoms with E-state index in [0.29, 0.717) is 43.4 Å². The molecule has 0 saturated carbocycles. The molecule has 0 N–H and O–H groups in total. The Balaban J connectivity index is 1.46. The molecule has 0 atom stereocenters. The normalized spacial score (nSPS) is 14.9. The number of amides is 1. The van der Waals surface area contributed by atoms with Crippen molar-refractivity contribution in [3.63, 3.8) is 0 Å². The molecule has 4 rings (SSSR count). The summed E-state index contributed by atoms with van der Waals surface area (Å²) in [6, 6.07) is 5.00. The van der Waals surface area contributed by atoms with Gasteiger partial charge in [-0.1, -0.05) is 0 Å². The van der Waals surface area contributed by atoms with Crippen LogP contribution in [0.5, 0.6) is 0 Å². The fraction of sp³-hybridized carbons (Fsp3) is 0.294. The SMILES string of the molecule is Cc1ccc2oc(N3CCN(C(=O)c4cnc(F)c(F)c4)CC3)nc2n1. The van der Waals surface area contributed by atoms with Gasteiger partial charge in [-0.05, 0) is 25.1 Å². The van der Waals surface area contributed by atoms with Gasteiger partial charge in [-0.15, -0.1) is 0 Å². The lowest BCUT2D eigenvalue weighted by molar-refractivity contribution is 0.0744. The molecule has 0 aromatic carbocycles. The van der Waals surface area contributed by atoms with Crippen molar-refractivity contribution >= 4 is 23.2 Å². The number of piperazine rings is 1. The lowest BCUT2D eigenvalue weighted by Gasteiger charge is -2.33. The fourth-order valence-electron chi connectivity index (χ4n) is 2.86. The Morgan fingerprint density at radius 2 is 1.92 bits per heavy atom. The largest absolute Gasteiger partial charge is 0.422 e. The first-order chi connectivity index (χ1) is 12.5. The molecule has 0 spiro atoms. The second kappa shape index (κ2) is 6.32. The van der Waals surface area contributed by atoms with Gasteiger partial charge in [0.25, 0.3) is 11.9 Å². The highest BCUT2D eigenvalue weighted by Crippen LogP contribution is 2.22. The number of anilines is 1. The third kappa shape index (κ3) is 2.96. The maximum Gasteiger partial charge on any atom is 0.300 e. The Bertz CT molecular complexity index is 982. The van der Waals surface area contributed by atoms with Crippen LogP contribution in [0.1, 0.15) is 16.1 Å². The number of hydrogen-bond acceptors (Lipinski definition) is 6. The molecule has 26 heavy (non-hydrogen) atoms. The lowest BCUT2D eigenvalue weighted by atomic mass is 10.2. The summed E-state index contributed by atoms with van der Waals surface area (Å²) < 4.78 is 31.9. The molecule has 7 nitrogen and oxygen atoms in total. The molecule has 9 heteroatoms. The topological polar surface area (TPSA) is 75.4 Å². The molecule has 3 aromatic heterocycles. The van der Waals surface area contributed by atoms with Crippen molar-refractivity contribution in [3.8, 4) is 0 Å². The van der Waals surface area contributed by atoms with E-state index in [9.17, 15) is 13.6 Å². The fourth-order valence-corrected chi connectivity index (χ4v) is 2.86. The van der Waals surface area contributed by atoms with E-state index in [1.807, 2.05) is 24.0 Å². The van der Waals surface area contributed by atoms with Gasteiger partial charge in [0.2, 0.25) is 11.6 Å². The standard InChI is InChI=1S/C17H15F2N5O2/c1-10-2-3-13-15(21-10)22-17(26-13)24-6-4-23(5-7-24)16(25)11-8-12(18)14(19)20-9-11/h2-3,8-9H,4-7H2,1H3. The van der Waals surface area contributed by atoms with Gasteiger partial charge in [-0.2, -0.15) is 9.37 Å². The predicted octanol–water partition coefficient (Wildman–Crippen LogP) is 2.17. The van der Waals surface area contributed by atoms with E-state index in [4.69, 9.17) is 4.42 Å². The molecule has 1 aliphatic rings. The number of nitrogens with zero attached hydrogens (tertiary/aromatic N) is 5. The van der Waals surface area contributed by atoms with Crippen molar-refractivity contribution in [2.45, 2.75) is 6.92 Å². The van der Waals surface area contributed by atoms with E-state index in [-0.39, 0.29) is 11.5 Å². The van der Waals surface area contributed by atoms with Gasteiger partial charge in [0.1, 0.15) is 0 Å². The van der Waals surface area contributed by atoms with Crippen LogP contribution in [0.25, 0.3) is 11.2 Å². The molecule has 0 unspecified atom stereocenters. The summed E-state index contributed by atoms with van der Waals surface area (Å²) >= 11 is 0. The first-order valence-corrected chi connectivity index (χ1v) is 8.11. The van der Waals surface area contributed by atoms with Crippen LogP contribution < -0.4 is 4.90 Å². The van der Waals surface area contributed by atoms with Crippen LogP contribution in [0.2, 0.25) is 0 Å². The molecule has 3 aromatic rings. The molecule has 1 saturated heterocycles. The van der Waals surface area contributed by atoms with Crippen molar-refractivity contribution in [3.05, 3.63) is 47.4 Å². The van der Waals surface area contributed by atoms with Crippen molar-refractivity contribution < 1.29 is 18.0 Å². The van der Waals surface area contributed by atoms with E-state index in [0.717, 1.165) is 18.0 Å². The van der Waals surface area contributed by atoms with Crippen LogP contribution in [-0.4, -0.2) is 51.9 Å². The summed E-state index contributed by atoms with van der Waals surface area (Å²) in [5.74, 6) is -2.74. The summed E-state index contributed by atoms with van der Waals surface area (Å²) in [5, 5.41) is 0. The van der Waals surface area contributed by atoms with E-state index in [1.54, 1.807) is 4.90 Å². The Hall–Kier alpha value is -3.10. The summed E-state index contributed by atoms with van der Waals surface area (Å²) in [4.78, 5) is 27.9. The number of rotatable bonds is 2. The minimum absolute atomic E-state index is 0.0267. The van der Waals surface area contributed by atoms with Gasteiger partial charge in [0, 0.05) is 38.1 Å². The van der Waals surface area contributed by atoms with Crippen molar-refractivity contribution in [2.75, 3.05) is 31.1 Å². The Labute approximate surface area is 147 Å². The van der Waals surface area contributed by atoms with E-state index in [1.165, 1.54) is 0 Å². The number of pyridine rings is 2. The second-order valence-electron chi connectivity index (χ2n) is 6.05. The van der Waals surface area contributed by atoms with Gasteiger partial charge in [-0.25, -0.2) is 14.4 Å². The number of carbonyl (C=O) groups is 1. The highest BCUT2D eigenvalue weighted by atomic mass is 19.2. The van der Waals surface area contributed by atoms with Gasteiger partial charge < -0.3 is 14.2 Å². The Morgan fingerprint density at radius 1 is 1.15 bits per heavy atom. The summed E-state index contributed by atoms with van der Waals surface area (Å²) in [6.45, 7) is 3.71. The zero-order valence-electron chi connectivity index (χ0n) is 13.9. The van der Waals surface area contributed by atoms with Gasteiger partial charge in [0.05, 0.1) is 5.56 Å². The molecule has 4 heterocycles. The average Bonchev–Trinajstić information content (AvgIpc) is 3.06. The average molecular weight is 359 g/mol. The second-order valence-corrected chi connectivity index (χ2v) is 6.05. The van der Waals surface area contributed by atoms with Crippen molar-refractivity contribution in [1.82, 2.24) is 19.9 Å². The molecular formula is C17H15F2N5O2. The molecule has 134 valence electrons. The van der Waals surface area contributed by atoms with E-state index >= 15 is 0 Å². The molecule has 1 aliphatic heterocycles. The van der Waals surface area contributed by atoms with Crippen molar-refractivity contribution in [1.29, 1.82) is 0 Å². The van der Waals surface area contributed by atoms with Crippen LogP contribution in [0.3, 0.4) is 0 Å². The number of carbonyl (C=O) groups excluding carboxylic acids is 1. The molecular weight excluding hydrogens is 344 g/mol. The maximum absolute atomic E-state index is 13.3. The Morgan fingerprint density at radius 3 is 2.65 bits per heavy atom. The molecule has 0 radical (unpaired) electrons. The maximum atomic E-state index is 13.3. The predicted molar refractivity (Wildman–Crippen MR) is 88.8 cm³/mol. The highest BCUT2D eigenvalue weighted by molar-refractivity contribution is 5.94. The quantitative estimate of drug-likeness (QED) is 0.653. The number of halogens is 2. The Kier molecular flexibility index (Phi) is 3.98. The van der Waals surface area contributed by atoms with Gasteiger partial charge in [-0.3, -0.25) is 4.79 Å². The lowest BCUT2D eigenvalue weighted by Crippen LogP contribution is -2.49. The first kappa shape index (κ1) is 16.4. The highest BCUT2D eigenvalue weighted by Gasteiger charge is 2.25. The number of hydrogen-bond donors (Lipinski definition) is 0. The van der Waals surface area contributed by atoms with Gasteiger partial charge >= 0.3 is 0 Å². The summed E-state index contributed by atoms with van der Waals surface area (Å²) in [6.07, 6.45) is 1.04. The minimum atomic E-state index is -1.22. The smallest absolute Gasteiger partial charge is 0.300 e. The van der Waals surface area contributed by atoms with Crippen LogP contribution in [0.4, 0.5) is 14.8 Å². The van der Waals surface area contributed by atoms with Crippen LogP contribution in [0.15, 0.2) is 28.8 Å². The number of aromatic nitrogens is 3. The van der Waals surface area contributed by atoms with Crippen molar-refractivity contribution in [2.24, 2.45) is 0 Å². The third-order valence-electron chi connectivity index (χ3n) is 4.26. The number of fused-ring (bicyclic) bond motifs is 1. The van der Waals surface area contributed by atoms with Gasteiger partial charge in [0.15, 0.2) is 11.4 Å². The third-order valence-corrected chi connectivity index (χ3v) is 4.26. The minimum Gasteiger partial charge on any atom is -0.422 e. The summed E-state index contributed by atoms with van der Waals surface area (Å²) in [7, 11) is 0. The zero-order chi connectivity index (χ0) is 18.3.